The smallest absolute Gasteiger partial charge is 0.245 e. The highest BCUT2D eigenvalue weighted by atomic mass is 16.2. The van der Waals surface area contributed by atoms with Crippen molar-refractivity contribution >= 4 is 11.8 Å². The predicted molar refractivity (Wildman–Crippen MR) is 64.4 cm³/mol. The van der Waals surface area contributed by atoms with E-state index in [0.717, 1.165) is 25.9 Å². The molecule has 0 spiro atoms. The van der Waals surface area contributed by atoms with Crippen LogP contribution in [0.5, 0.6) is 0 Å². The summed E-state index contributed by atoms with van der Waals surface area (Å²) in [4.78, 5) is 25.1. The van der Waals surface area contributed by atoms with Crippen LogP contribution in [0.3, 0.4) is 0 Å². The molecule has 0 bridgehead atoms. The number of hydrogen-bond donors (Lipinski definition) is 2. The van der Waals surface area contributed by atoms with Crippen molar-refractivity contribution in [3.8, 4) is 0 Å². The molecule has 0 radical (unpaired) electrons. The zero-order valence-electron chi connectivity index (χ0n) is 10.6. The summed E-state index contributed by atoms with van der Waals surface area (Å²) in [6.07, 6.45) is 3.07. The Morgan fingerprint density at radius 3 is 2.59 bits per heavy atom. The number of hydrogen-bond acceptors (Lipinski definition) is 3. The van der Waals surface area contributed by atoms with E-state index in [9.17, 15) is 9.59 Å². The number of rotatable bonds is 2. The minimum absolute atomic E-state index is 0.000391. The molecule has 2 N–H and O–H groups in total. The Balaban J connectivity index is 1.88. The lowest BCUT2D eigenvalue weighted by atomic mass is 9.89. The molecule has 0 aromatic carbocycles. The van der Waals surface area contributed by atoms with Crippen molar-refractivity contribution in [1.82, 2.24) is 15.5 Å². The van der Waals surface area contributed by atoms with Crippen LogP contribution in [0, 0.1) is 0 Å². The molecule has 0 aromatic heterocycles. The highest BCUT2D eigenvalue weighted by Crippen LogP contribution is 2.22. The van der Waals surface area contributed by atoms with Crippen LogP contribution in [0.15, 0.2) is 0 Å². The van der Waals surface area contributed by atoms with Crippen LogP contribution in [0.2, 0.25) is 0 Å². The Kier molecular flexibility index (Phi) is 3.38. The van der Waals surface area contributed by atoms with Gasteiger partial charge in [0.15, 0.2) is 0 Å². The molecule has 2 saturated heterocycles. The third kappa shape index (κ3) is 2.60. The molecule has 5 nitrogen and oxygen atoms in total. The fraction of sp³-hybridized carbons (Fsp3) is 0.833. The topological polar surface area (TPSA) is 61.4 Å². The molecule has 2 heterocycles. The molecule has 1 atom stereocenters. The molecule has 0 aromatic rings. The van der Waals surface area contributed by atoms with Crippen molar-refractivity contribution in [2.24, 2.45) is 0 Å². The minimum atomic E-state index is -0.276. The molecule has 2 rings (SSSR count). The lowest BCUT2D eigenvalue weighted by Crippen LogP contribution is -2.54. The first kappa shape index (κ1) is 12.4. The molecular formula is C12H21N3O2. The van der Waals surface area contributed by atoms with E-state index < -0.39 is 0 Å². The van der Waals surface area contributed by atoms with Crippen LogP contribution in [0.1, 0.15) is 32.6 Å². The van der Waals surface area contributed by atoms with Gasteiger partial charge in [-0.25, -0.2) is 0 Å². The van der Waals surface area contributed by atoms with E-state index in [1.165, 1.54) is 0 Å². The van der Waals surface area contributed by atoms with E-state index in [-0.39, 0.29) is 23.4 Å². The lowest BCUT2D eigenvalue weighted by molar-refractivity contribution is -0.135. The van der Waals surface area contributed by atoms with E-state index in [2.05, 4.69) is 17.6 Å². The van der Waals surface area contributed by atoms with E-state index >= 15 is 0 Å². The number of nitrogens with one attached hydrogen (secondary N) is 2. The fourth-order valence-electron chi connectivity index (χ4n) is 2.49. The first-order chi connectivity index (χ1) is 8.04. The molecular weight excluding hydrogens is 218 g/mol. The average molecular weight is 239 g/mol. The van der Waals surface area contributed by atoms with Crippen LogP contribution in [0.4, 0.5) is 0 Å². The van der Waals surface area contributed by atoms with Crippen molar-refractivity contribution in [3.63, 3.8) is 0 Å². The number of likely N-dealkylation sites (tertiary alicyclic amines) is 1. The fourth-order valence-corrected chi connectivity index (χ4v) is 2.49. The first-order valence-electron chi connectivity index (χ1n) is 6.31. The summed E-state index contributed by atoms with van der Waals surface area (Å²) in [5.41, 5.74) is 0.149. The third-order valence-electron chi connectivity index (χ3n) is 4.08. The summed E-state index contributed by atoms with van der Waals surface area (Å²) in [6.45, 7) is 3.75. The lowest BCUT2D eigenvalue weighted by Gasteiger charge is -2.40. The Morgan fingerprint density at radius 2 is 2.12 bits per heavy atom. The predicted octanol–water partition coefficient (Wildman–Crippen LogP) is -0.134. The molecule has 0 saturated carbocycles. The SMILES string of the molecule is CNC1(C)CCN(C(=O)C2CCC(=O)N2)CC1. The molecule has 0 aliphatic carbocycles. The van der Waals surface area contributed by atoms with Gasteiger partial charge in [-0.2, -0.15) is 0 Å². The van der Waals surface area contributed by atoms with Gasteiger partial charge in [-0.1, -0.05) is 0 Å². The van der Waals surface area contributed by atoms with E-state index in [4.69, 9.17) is 0 Å². The van der Waals surface area contributed by atoms with Crippen molar-refractivity contribution in [2.45, 2.75) is 44.2 Å². The quantitative estimate of drug-likeness (QED) is 0.705. The van der Waals surface area contributed by atoms with Crippen LogP contribution in [0.25, 0.3) is 0 Å². The highest BCUT2D eigenvalue weighted by Gasteiger charge is 2.35. The summed E-state index contributed by atoms with van der Waals surface area (Å²) in [7, 11) is 1.97. The minimum Gasteiger partial charge on any atom is -0.344 e. The summed E-state index contributed by atoms with van der Waals surface area (Å²) in [6, 6.07) is -0.276. The monoisotopic (exact) mass is 239 g/mol. The number of amides is 2. The van der Waals surface area contributed by atoms with E-state index in [1.54, 1.807) is 0 Å². The van der Waals surface area contributed by atoms with Gasteiger partial charge in [0.2, 0.25) is 11.8 Å². The molecule has 17 heavy (non-hydrogen) atoms. The summed E-state index contributed by atoms with van der Waals surface area (Å²) >= 11 is 0. The van der Waals surface area contributed by atoms with Crippen LogP contribution >= 0.6 is 0 Å². The second kappa shape index (κ2) is 4.64. The molecule has 96 valence electrons. The summed E-state index contributed by atoms with van der Waals surface area (Å²) < 4.78 is 0. The maximum absolute atomic E-state index is 12.1. The van der Waals surface area contributed by atoms with Gasteiger partial charge >= 0.3 is 0 Å². The van der Waals surface area contributed by atoms with Crippen LogP contribution in [-0.2, 0) is 9.59 Å². The molecule has 2 amide bonds. The van der Waals surface area contributed by atoms with Crippen LogP contribution < -0.4 is 10.6 Å². The Morgan fingerprint density at radius 1 is 1.47 bits per heavy atom. The van der Waals surface area contributed by atoms with E-state index in [0.29, 0.717) is 12.8 Å². The van der Waals surface area contributed by atoms with Gasteiger partial charge in [0.25, 0.3) is 0 Å². The summed E-state index contributed by atoms with van der Waals surface area (Å²) in [5, 5.41) is 6.05. The van der Waals surface area contributed by atoms with Gasteiger partial charge in [-0.3, -0.25) is 9.59 Å². The normalized spacial score (nSPS) is 28.0. The first-order valence-corrected chi connectivity index (χ1v) is 6.31. The standard InChI is InChI=1S/C12H21N3O2/c1-12(13-2)5-7-15(8-6-12)11(17)9-3-4-10(16)14-9/h9,13H,3-8H2,1-2H3,(H,14,16). The van der Waals surface area contributed by atoms with E-state index in [1.807, 2.05) is 11.9 Å². The zero-order chi connectivity index (χ0) is 12.5. The maximum Gasteiger partial charge on any atom is 0.245 e. The molecule has 1 unspecified atom stereocenters. The average Bonchev–Trinajstić information content (AvgIpc) is 2.76. The Hall–Kier alpha value is -1.10. The van der Waals surface area contributed by atoms with Crippen molar-refractivity contribution in [3.05, 3.63) is 0 Å². The van der Waals surface area contributed by atoms with Gasteiger partial charge in [0.1, 0.15) is 6.04 Å². The van der Waals surface area contributed by atoms with Gasteiger partial charge < -0.3 is 15.5 Å². The Labute approximate surface area is 102 Å². The maximum atomic E-state index is 12.1. The number of nitrogens with zero attached hydrogens (tertiary/aromatic N) is 1. The number of carbonyl (C=O) groups is 2. The summed E-state index contributed by atoms with van der Waals surface area (Å²) in [5.74, 6) is 0.0921. The second-order valence-corrected chi connectivity index (χ2v) is 5.29. The number of piperidine rings is 1. The van der Waals surface area contributed by atoms with Crippen molar-refractivity contribution in [2.75, 3.05) is 20.1 Å². The highest BCUT2D eigenvalue weighted by molar-refractivity contribution is 5.90. The molecule has 5 heteroatoms. The zero-order valence-corrected chi connectivity index (χ0v) is 10.6. The second-order valence-electron chi connectivity index (χ2n) is 5.29. The van der Waals surface area contributed by atoms with Crippen molar-refractivity contribution < 1.29 is 9.59 Å². The third-order valence-corrected chi connectivity index (χ3v) is 4.08. The van der Waals surface area contributed by atoms with Gasteiger partial charge in [-0.15, -0.1) is 0 Å². The molecule has 2 aliphatic heterocycles. The van der Waals surface area contributed by atoms with Crippen LogP contribution in [-0.4, -0.2) is 48.4 Å². The van der Waals surface area contributed by atoms with Gasteiger partial charge in [0.05, 0.1) is 0 Å². The molecule has 2 aliphatic rings. The Bertz CT molecular complexity index is 322. The van der Waals surface area contributed by atoms with Gasteiger partial charge in [-0.05, 0) is 33.2 Å². The van der Waals surface area contributed by atoms with Gasteiger partial charge in [0, 0.05) is 25.0 Å². The van der Waals surface area contributed by atoms with Crippen molar-refractivity contribution in [1.29, 1.82) is 0 Å². The number of carbonyl (C=O) groups excluding carboxylic acids is 2. The largest absolute Gasteiger partial charge is 0.344 e. The molecule has 2 fully saturated rings.